The van der Waals surface area contributed by atoms with Crippen molar-refractivity contribution in [2.45, 2.75) is 32.4 Å². The molecule has 0 aliphatic carbocycles. The van der Waals surface area contributed by atoms with Crippen molar-refractivity contribution in [3.05, 3.63) is 65.4 Å². The smallest absolute Gasteiger partial charge is 0.251 e. The molecule has 6 nitrogen and oxygen atoms in total. The van der Waals surface area contributed by atoms with E-state index in [0.29, 0.717) is 17.8 Å². The van der Waals surface area contributed by atoms with Gasteiger partial charge in [-0.15, -0.1) is 0 Å². The standard InChI is InChI=1S/C23H21N3O3/c1-14(27)15-6-8-16(9-7-15)26-22(28)12-21(23(26)29)25-11-10-20-18(13-25)17-4-2-3-5-19(17)24-20/h2-9,21,24H,10-13H2,1H3/t21-/m0/s1. The van der Waals surface area contributed by atoms with Crippen LogP contribution < -0.4 is 4.90 Å². The number of carbonyl (C=O) groups is 3. The molecular formula is C23H21N3O3. The number of fused-ring (bicyclic) bond motifs is 3. The van der Waals surface area contributed by atoms with Crippen molar-refractivity contribution in [3.8, 4) is 0 Å². The molecule has 0 unspecified atom stereocenters. The summed E-state index contributed by atoms with van der Waals surface area (Å²) in [5.41, 5.74) is 4.64. The largest absolute Gasteiger partial charge is 0.358 e. The first-order chi connectivity index (χ1) is 14.0. The third kappa shape index (κ3) is 2.87. The van der Waals surface area contributed by atoms with Crippen LogP contribution in [0.25, 0.3) is 10.9 Å². The van der Waals surface area contributed by atoms with Crippen molar-refractivity contribution in [1.29, 1.82) is 0 Å². The zero-order valence-corrected chi connectivity index (χ0v) is 16.1. The van der Waals surface area contributed by atoms with Gasteiger partial charge >= 0.3 is 0 Å². The van der Waals surface area contributed by atoms with E-state index in [9.17, 15) is 14.4 Å². The number of benzene rings is 2. The summed E-state index contributed by atoms with van der Waals surface area (Å²) < 4.78 is 0. The van der Waals surface area contributed by atoms with Gasteiger partial charge < -0.3 is 4.98 Å². The van der Waals surface area contributed by atoms with Crippen molar-refractivity contribution in [2.75, 3.05) is 11.4 Å². The second kappa shape index (κ2) is 6.67. The normalized spacial score (nSPS) is 19.8. The number of aromatic nitrogens is 1. The number of H-pyrrole nitrogens is 1. The molecule has 2 aliphatic rings. The van der Waals surface area contributed by atoms with Crippen molar-refractivity contribution < 1.29 is 14.4 Å². The summed E-state index contributed by atoms with van der Waals surface area (Å²) in [6, 6.07) is 14.4. The SMILES string of the molecule is CC(=O)c1ccc(N2C(=O)C[C@H](N3CCc4[nH]c5ccccc5c4C3)C2=O)cc1. The van der Waals surface area contributed by atoms with Gasteiger partial charge in [0.05, 0.1) is 18.2 Å². The second-order valence-corrected chi connectivity index (χ2v) is 7.74. The summed E-state index contributed by atoms with van der Waals surface area (Å²) in [7, 11) is 0. The highest BCUT2D eigenvalue weighted by Crippen LogP contribution is 2.32. The van der Waals surface area contributed by atoms with E-state index in [4.69, 9.17) is 0 Å². The number of hydrogen-bond donors (Lipinski definition) is 1. The topological polar surface area (TPSA) is 73.5 Å². The Labute approximate surface area is 168 Å². The molecule has 5 rings (SSSR count). The van der Waals surface area contributed by atoms with Crippen LogP contribution in [0, 0.1) is 0 Å². The van der Waals surface area contributed by atoms with Crippen molar-refractivity contribution in [2.24, 2.45) is 0 Å². The molecule has 1 N–H and O–H groups in total. The van der Waals surface area contributed by atoms with Crippen LogP contribution in [0.1, 0.15) is 35.0 Å². The number of anilines is 1. The van der Waals surface area contributed by atoms with Gasteiger partial charge in [-0.1, -0.05) is 18.2 Å². The first kappa shape index (κ1) is 17.8. The molecule has 0 spiro atoms. The number of Topliss-reactive ketones (excluding diaryl/α,β-unsaturated/α-hetero) is 1. The molecule has 1 saturated heterocycles. The van der Waals surface area contributed by atoms with Gasteiger partial charge in [-0.2, -0.15) is 0 Å². The fourth-order valence-electron chi connectivity index (χ4n) is 4.47. The van der Waals surface area contributed by atoms with Gasteiger partial charge in [0.15, 0.2) is 5.78 Å². The monoisotopic (exact) mass is 387 g/mol. The Kier molecular flexibility index (Phi) is 4.10. The number of imide groups is 1. The maximum Gasteiger partial charge on any atom is 0.251 e. The number of nitrogens with one attached hydrogen (secondary N) is 1. The average molecular weight is 387 g/mol. The molecule has 3 heterocycles. The Morgan fingerprint density at radius 1 is 1.07 bits per heavy atom. The van der Waals surface area contributed by atoms with Crippen LogP contribution >= 0.6 is 0 Å². The summed E-state index contributed by atoms with van der Waals surface area (Å²) in [6.45, 7) is 2.88. The average Bonchev–Trinajstić information content (AvgIpc) is 3.24. The molecule has 1 aromatic heterocycles. The first-order valence-electron chi connectivity index (χ1n) is 9.83. The Balaban J connectivity index is 1.41. The highest BCUT2D eigenvalue weighted by molar-refractivity contribution is 6.22. The minimum Gasteiger partial charge on any atom is -0.358 e. The molecule has 3 aromatic rings. The van der Waals surface area contributed by atoms with E-state index in [1.54, 1.807) is 24.3 Å². The number of ketones is 1. The predicted molar refractivity (Wildman–Crippen MR) is 110 cm³/mol. The molecule has 2 amide bonds. The van der Waals surface area contributed by atoms with Crippen molar-refractivity contribution >= 4 is 34.2 Å². The molecule has 0 bridgehead atoms. The lowest BCUT2D eigenvalue weighted by atomic mass is 10.0. The predicted octanol–water partition coefficient (Wildman–Crippen LogP) is 3.06. The van der Waals surface area contributed by atoms with E-state index in [0.717, 1.165) is 18.5 Å². The number of para-hydroxylation sites is 1. The molecule has 146 valence electrons. The summed E-state index contributed by atoms with van der Waals surface area (Å²) in [6.07, 6.45) is 1.01. The van der Waals surface area contributed by atoms with Crippen molar-refractivity contribution in [3.63, 3.8) is 0 Å². The molecular weight excluding hydrogens is 366 g/mol. The summed E-state index contributed by atoms with van der Waals surface area (Å²) in [4.78, 5) is 44.1. The number of amides is 2. The fraction of sp³-hybridized carbons (Fsp3) is 0.261. The molecule has 29 heavy (non-hydrogen) atoms. The summed E-state index contributed by atoms with van der Waals surface area (Å²) in [5, 5.41) is 1.18. The van der Waals surface area contributed by atoms with Gasteiger partial charge in [0.1, 0.15) is 0 Å². The fourth-order valence-corrected chi connectivity index (χ4v) is 4.47. The lowest BCUT2D eigenvalue weighted by Crippen LogP contribution is -2.44. The number of hydrogen-bond acceptors (Lipinski definition) is 4. The number of aromatic amines is 1. The van der Waals surface area contributed by atoms with Crippen LogP contribution in [0.5, 0.6) is 0 Å². The summed E-state index contributed by atoms with van der Waals surface area (Å²) >= 11 is 0. The van der Waals surface area contributed by atoms with E-state index in [2.05, 4.69) is 22.0 Å². The molecule has 6 heteroatoms. The highest BCUT2D eigenvalue weighted by atomic mass is 16.2. The van der Waals surface area contributed by atoms with E-state index >= 15 is 0 Å². The zero-order valence-electron chi connectivity index (χ0n) is 16.1. The van der Waals surface area contributed by atoms with Crippen LogP contribution in [0.15, 0.2) is 48.5 Å². The lowest BCUT2D eigenvalue weighted by Gasteiger charge is -2.31. The highest BCUT2D eigenvalue weighted by Gasteiger charge is 2.43. The van der Waals surface area contributed by atoms with Gasteiger partial charge in [0.2, 0.25) is 5.91 Å². The van der Waals surface area contributed by atoms with Crippen LogP contribution in [0.4, 0.5) is 5.69 Å². The van der Waals surface area contributed by atoms with Gasteiger partial charge in [0.25, 0.3) is 5.91 Å². The second-order valence-electron chi connectivity index (χ2n) is 7.74. The Morgan fingerprint density at radius 3 is 2.59 bits per heavy atom. The molecule has 2 aromatic carbocycles. The van der Waals surface area contributed by atoms with Crippen molar-refractivity contribution in [1.82, 2.24) is 9.88 Å². The van der Waals surface area contributed by atoms with E-state index in [-0.39, 0.29) is 24.0 Å². The molecule has 0 radical (unpaired) electrons. The molecule has 0 saturated carbocycles. The molecule has 2 aliphatic heterocycles. The third-order valence-electron chi connectivity index (χ3n) is 6.01. The summed E-state index contributed by atoms with van der Waals surface area (Å²) in [5.74, 6) is -0.425. The van der Waals surface area contributed by atoms with Gasteiger partial charge in [-0.3, -0.25) is 19.3 Å². The Morgan fingerprint density at radius 2 is 1.83 bits per heavy atom. The maximum absolute atomic E-state index is 13.1. The minimum atomic E-state index is -0.447. The minimum absolute atomic E-state index is 0.0450. The molecule has 1 atom stereocenters. The lowest BCUT2D eigenvalue weighted by molar-refractivity contribution is -0.123. The Bertz CT molecular complexity index is 1150. The third-order valence-corrected chi connectivity index (χ3v) is 6.01. The van der Waals surface area contributed by atoms with Gasteiger partial charge in [0, 0.05) is 41.7 Å². The van der Waals surface area contributed by atoms with Gasteiger partial charge in [-0.05, 0) is 42.8 Å². The Hall–Kier alpha value is -3.25. The number of carbonyl (C=O) groups excluding carboxylic acids is 3. The van der Waals surface area contributed by atoms with Gasteiger partial charge in [-0.25, -0.2) is 4.90 Å². The number of rotatable bonds is 3. The first-order valence-corrected chi connectivity index (χ1v) is 9.83. The molecule has 1 fully saturated rings. The van der Waals surface area contributed by atoms with E-state index in [1.807, 2.05) is 12.1 Å². The van der Waals surface area contributed by atoms with Crippen LogP contribution in [-0.2, 0) is 22.6 Å². The maximum atomic E-state index is 13.1. The van der Waals surface area contributed by atoms with Crippen LogP contribution in [0.2, 0.25) is 0 Å². The van der Waals surface area contributed by atoms with E-state index < -0.39 is 6.04 Å². The number of nitrogens with zero attached hydrogens (tertiary/aromatic N) is 2. The van der Waals surface area contributed by atoms with E-state index in [1.165, 1.54) is 28.5 Å². The van der Waals surface area contributed by atoms with Crippen LogP contribution in [0.3, 0.4) is 0 Å². The quantitative estimate of drug-likeness (QED) is 0.554. The van der Waals surface area contributed by atoms with Crippen LogP contribution in [-0.4, -0.2) is 40.1 Å². The zero-order chi connectivity index (χ0) is 20.1.